The summed E-state index contributed by atoms with van der Waals surface area (Å²) >= 11 is 0. The molecule has 1 aromatic carbocycles. The third kappa shape index (κ3) is 1.73. The zero-order valence-corrected chi connectivity index (χ0v) is 10.9. The van der Waals surface area contributed by atoms with Gasteiger partial charge >= 0.3 is 5.97 Å². The third-order valence-corrected chi connectivity index (χ3v) is 3.19. The van der Waals surface area contributed by atoms with E-state index in [2.05, 4.69) is 20.6 Å². The molecule has 0 aliphatic rings. The Kier molecular flexibility index (Phi) is 2.70. The summed E-state index contributed by atoms with van der Waals surface area (Å²) in [5.41, 5.74) is 1.50. The molecule has 0 radical (unpaired) electrons. The van der Waals surface area contributed by atoms with Gasteiger partial charge in [-0.1, -0.05) is 18.2 Å². The summed E-state index contributed by atoms with van der Waals surface area (Å²) in [4.78, 5) is 11.1. The Hall–Kier alpha value is -2.77. The van der Waals surface area contributed by atoms with Gasteiger partial charge in [-0.15, -0.1) is 5.10 Å². The van der Waals surface area contributed by atoms with Crippen molar-refractivity contribution in [3.63, 3.8) is 0 Å². The van der Waals surface area contributed by atoms with Gasteiger partial charge in [0.05, 0.1) is 5.52 Å². The summed E-state index contributed by atoms with van der Waals surface area (Å²) in [6, 6.07) is 6.78. The van der Waals surface area contributed by atoms with Crippen LogP contribution >= 0.6 is 0 Å². The van der Waals surface area contributed by atoms with E-state index in [4.69, 9.17) is 5.11 Å². The Balaban J connectivity index is 2.22. The topological polar surface area (TPSA) is 98.7 Å². The highest BCUT2D eigenvalue weighted by Gasteiger charge is 2.23. The smallest absolute Gasteiger partial charge is 0.328 e. The van der Waals surface area contributed by atoms with Gasteiger partial charge < -0.3 is 5.11 Å². The number of para-hydroxylation sites is 1. The van der Waals surface area contributed by atoms with Crippen LogP contribution < -0.4 is 0 Å². The summed E-state index contributed by atoms with van der Waals surface area (Å²) in [6.45, 7) is 1.52. The summed E-state index contributed by atoms with van der Waals surface area (Å²) in [5.74, 6) is -0.657. The second-order valence-corrected chi connectivity index (χ2v) is 4.45. The molecule has 102 valence electrons. The van der Waals surface area contributed by atoms with Gasteiger partial charge in [-0.25, -0.2) is 9.48 Å². The van der Waals surface area contributed by atoms with Gasteiger partial charge in [0.2, 0.25) is 5.82 Å². The van der Waals surface area contributed by atoms with Crippen LogP contribution in [0.4, 0.5) is 0 Å². The number of hydrogen-bond donors (Lipinski definition) is 1. The van der Waals surface area contributed by atoms with Crippen LogP contribution in [0.3, 0.4) is 0 Å². The number of carbonyl (C=O) groups is 1. The zero-order valence-electron chi connectivity index (χ0n) is 10.9. The maximum Gasteiger partial charge on any atom is 0.328 e. The minimum absolute atomic E-state index is 0.344. The predicted octanol–water partition coefficient (Wildman–Crippen LogP) is 0.872. The van der Waals surface area contributed by atoms with Crippen LogP contribution in [-0.4, -0.2) is 41.1 Å². The number of carboxylic acid groups (broad SMARTS) is 1. The number of benzene rings is 1. The van der Waals surface area contributed by atoms with Gasteiger partial charge in [0.25, 0.3) is 0 Å². The number of aliphatic carboxylic acids is 1. The maximum absolute atomic E-state index is 11.1. The van der Waals surface area contributed by atoms with Crippen LogP contribution in [0.1, 0.15) is 13.0 Å². The molecule has 20 heavy (non-hydrogen) atoms. The molecule has 1 unspecified atom stereocenters. The van der Waals surface area contributed by atoms with Crippen LogP contribution in [0.5, 0.6) is 0 Å². The van der Waals surface area contributed by atoms with E-state index >= 15 is 0 Å². The van der Waals surface area contributed by atoms with Crippen LogP contribution in [0, 0.1) is 0 Å². The molecule has 0 bridgehead atoms. The number of rotatable bonds is 3. The standard InChI is InChI=1S/C12H12N6O2/c1-7(12(19)20)18-11(13-15-16-18)10-8-5-3-4-6-9(8)17(2)14-10/h3-7H,1-2H3,(H,19,20). The highest BCUT2D eigenvalue weighted by atomic mass is 16.4. The van der Waals surface area contributed by atoms with Gasteiger partial charge in [0.15, 0.2) is 6.04 Å². The Morgan fingerprint density at radius 1 is 1.35 bits per heavy atom. The second kappa shape index (κ2) is 4.41. The first kappa shape index (κ1) is 12.3. The molecule has 0 aliphatic carbocycles. The molecule has 8 heteroatoms. The minimum Gasteiger partial charge on any atom is -0.480 e. The predicted molar refractivity (Wildman–Crippen MR) is 69.9 cm³/mol. The number of fused-ring (bicyclic) bond motifs is 1. The Morgan fingerprint density at radius 3 is 2.85 bits per heavy atom. The van der Waals surface area contributed by atoms with E-state index in [0.29, 0.717) is 11.5 Å². The number of nitrogens with zero attached hydrogens (tertiary/aromatic N) is 6. The highest BCUT2D eigenvalue weighted by Crippen LogP contribution is 2.26. The number of aromatic nitrogens is 6. The average molecular weight is 272 g/mol. The fourth-order valence-corrected chi connectivity index (χ4v) is 2.09. The zero-order chi connectivity index (χ0) is 14.3. The van der Waals surface area contributed by atoms with Crippen molar-refractivity contribution in [1.82, 2.24) is 30.0 Å². The Bertz CT molecular complexity index is 790. The minimum atomic E-state index is -1.00. The van der Waals surface area contributed by atoms with Crippen molar-refractivity contribution in [2.45, 2.75) is 13.0 Å². The molecule has 0 saturated heterocycles. The molecule has 0 saturated carbocycles. The molecule has 1 atom stereocenters. The van der Waals surface area contributed by atoms with Gasteiger partial charge in [-0.05, 0) is 23.4 Å². The van der Waals surface area contributed by atoms with Crippen molar-refractivity contribution in [2.24, 2.45) is 7.05 Å². The van der Waals surface area contributed by atoms with Gasteiger partial charge in [-0.3, -0.25) is 4.68 Å². The molecule has 2 aromatic heterocycles. The Morgan fingerprint density at radius 2 is 2.10 bits per heavy atom. The Labute approximate surface area is 113 Å². The first-order chi connectivity index (χ1) is 9.59. The second-order valence-electron chi connectivity index (χ2n) is 4.45. The molecular formula is C12H12N6O2. The first-order valence-electron chi connectivity index (χ1n) is 6.02. The third-order valence-electron chi connectivity index (χ3n) is 3.19. The molecule has 8 nitrogen and oxygen atoms in total. The number of aryl methyl sites for hydroxylation is 1. The van der Waals surface area contributed by atoms with Crippen molar-refractivity contribution >= 4 is 16.9 Å². The SMILES string of the molecule is CC(C(=O)O)n1nnnc1-c1nn(C)c2ccccc12. The number of hydrogen-bond acceptors (Lipinski definition) is 5. The maximum atomic E-state index is 11.1. The first-order valence-corrected chi connectivity index (χ1v) is 6.02. The molecule has 3 aromatic rings. The lowest BCUT2D eigenvalue weighted by Crippen LogP contribution is -2.18. The summed E-state index contributed by atoms with van der Waals surface area (Å²) in [5, 5.41) is 25.6. The van der Waals surface area contributed by atoms with Crippen LogP contribution in [0.2, 0.25) is 0 Å². The van der Waals surface area contributed by atoms with Crippen molar-refractivity contribution < 1.29 is 9.90 Å². The summed E-state index contributed by atoms with van der Waals surface area (Å²) < 4.78 is 2.98. The van der Waals surface area contributed by atoms with Gasteiger partial charge in [0, 0.05) is 12.4 Å². The summed E-state index contributed by atoms with van der Waals surface area (Å²) in [7, 11) is 1.82. The van der Waals surface area contributed by atoms with Crippen molar-refractivity contribution in [2.75, 3.05) is 0 Å². The number of tetrazole rings is 1. The molecular weight excluding hydrogens is 260 g/mol. The largest absolute Gasteiger partial charge is 0.480 e. The van der Waals surface area contributed by atoms with Gasteiger partial charge in [0.1, 0.15) is 5.69 Å². The van der Waals surface area contributed by atoms with Crippen molar-refractivity contribution in [1.29, 1.82) is 0 Å². The lowest BCUT2D eigenvalue weighted by Gasteiger charge is -2.07. The van der Waals surface area contributed by atoms with E-state index in [1.807, 2.05) is 31.3 Å². The van der Waals surface area contributed by atoms with Crippen LogP contribution in [-0.2, 0) is 11.8 Å². The van der Waals surface area contributed by atoms with Crippen LogP contribution in [0.25, 0.3) is 22.4 Å². The van der Waals surface area contributed by atoms with E-state index < -0.39 is 12.0 Å². The number of carboxylic acids is 1. The molecule has 0 amide bonds. The van der Waals surface area contributed by atoms with Crippen molar-refractivity contribution in [3.05, 3.63) is 24.3 Å². The fraction of sp³-hybridized carbons (Fsp3) is 0.250. The molecule has 3 rings (SSSR count). The van der Waals surface area contributed by atoms with E-state index in [1.165, 1.54) is 11.6 Å². The van der Waals surface area contributed by atoms with Crippen molar-refractivity contribution in [3.8, 4) is 11.5 Å². The van der Waals surface area contributed by atoms with E-state index in [0.717, 1.165) is 10.9 Å². The molecule has 0 aliphatic heterocycles. The van der Waals surface area contributed by atoms with E-state index in [1.54, 1.807) is 4.68 Å². The molecule has 0 fully saturated rings. The molecule has 0 spiro atoms. The average Bonchev–Trinajstić information content (AvgIpc) is 3.03. The normalized spacial score (nSPS) is 12.7. The lowest BCUT2D eigenvalue weighted by atomic mass is 10.2. The van der Waals surface area contributed by atoms with Crippen LogP contribution in [0.15, 0.2) is 24.3 Å². The fourth-order valence-electron chi connectivity index (χ4n) is 2.09. The molecule has 2 heterocycles. The van der Waals surface area contributed by atoms with E-state index in [-0.39, 0.29) is 0 Å². The molecule has 1 N–H and O–H groups in total. The highest BCUT2D eigenvalue weighted by molar-refractivity contribution is 5.91. The van der Waals surface area contributed by atoms with Gasteiger partial charge in [-0.2, -0.15) is 5.10 Å². The quantitative estimate of drug-likeness (QED) is 0.759. The summed E-state index contributed by atoms with van der Waals surface area (Å²) in [6.07, 6.45) is 0. The lowest BCUT2D eigenvalue weighted by molar-refractivity contribution is -0.140. The monoisotopic (exact) mass is 272 g/mol. The van der Waals surface area contributed by atoms with E-state index in [9.17, 15) is 4.79 Å².